The zero-order chi connectivity index (χ0) is 23.4. The number of nitrogens with zero attached hydrogens (tertiary/aromatic N) is 2. The minimum atomic E-state index is -0.319. The minimum absolute atomic E-state index is 0.0711. The van der Waals surface area contributed by atoms with Crippen LogP contribution < -0.4 is 15.4 Å². The molecule has 0 fully saturated rings. The van der Waals surface area contributed by atoms with E-state index in [0.717, 1.165) is 22.2 Å². The second kappa shape index (κ2) is 9.24. The fourth-order valence-corrected chi connectivity index (χ4v) is 3.39. The average Bonchev–Trinajstić information content (AvgIpc) is 2.78. The van der Waals surface area contributed by atoms with E-state index in [0.29, 0.717) is 23.8 Å². The van der Waals surface area contributed by atoms with Crippen LogP contribution in [0.4, 0.5) is 5.82 Å². The number of allylic oxidation sites excluding steroid dienone is 3. The number of rotatable bonds is 6. The van der Waals surface area contributed by atoms with Crippen molar-refractivity contribution in [1.82, 2.24) is 15.3 Å². The lowest BCUT2D eigenvalue weighted by Gasteiger charge is -2.20. The Labute approximate surface area is 192 Å². The first-order valence-electron chi connectivity index (χ1n) is 10.8. The van der Waals surface area contributed by atoms with Gasteiger partial charge in [0.25, 0.3) is 5.91 Å². The summed E-state index contributed by atoms with van der Waals surface area (Å²) in [5.74, 6) is 1.61. The highest BCUT2D eigenvalue weighted by Gasteiger charge is 2.15. The molecule has 1 aliphatic carbocycles. The van der Waals surface area contributed by atoms with Gasteiger partial charge in [-0.25, -0.2) is 9.97 Å². The summed E-state index contributed by atoms with van der Waals surface area (Å²) in [6.45, 7) is 5.69. The van der Waals surface area contributed by atoms with Gasteiger partial charge in [0.1, 0.15) is 11.6 Å². The van der Waals surface area contributed by atoms with E-state index in [1.165, 1.54) is 0 Å². The van der Waals surface area contributed by atoms with Gasteiger partial charge in [0.05, 0.1) is 5.52 Å². The molecular weight excluding hydrogens is 416 g/mol. The van der Waals surface area contributed by atoms with E-state index >= 15 is 0 Å². The Balaban J connectivity index is 1.60. The fraction of sp³-hybridized carbons (Fsp3) is 0.231. The number of ketones is 1. The minimum Gasteiger partial charge on any atom is -0.484 e. The van der Waals surface area contributed by atoms with Crippen molar-refractivity contribution in [3.05, 3.63) is 72.5 Å². The number of nitrogens with one attached hydrogen (secondary N) is 2. The predicted octanol–water partition coefficient (Wildman–Crippen LogP) is 4.42. The number of fused-ring (bicyclic) bond motifs is 1. The van der Waals surface area contributed by atoms with Gasteiger partial charge in [0.2, 0.25) is 0 Å². The van der Waals surface area contributed by atoms with E-state index in [2.05, 4.69) is 10.6 Å². The first-order valence-corrected chi connectivity index (χ1v) is 10.8. The number of benzene rings is 2. The summed E-state index contributed by atoms with van der Waals surface area (Å²) < 4.78 is 5.69. The Morgan fingerprint density at radius 2 is 1.88 bits per heavy atom. The molecule has 1 aromatic heterocycles. The van der Waals surface area contributed by atoms with Crippen molar-refractivity contribution in [2.45, 2.75) is 32.7 Å². The van der Waals surface area contributed by atoms with Crippen LogP contribution in [0, 0.1) is 0 Å². The number of carbonyl (C=O) groups is 2. The number of hydrogen-bond donors (Lipinski definition) is 2. The van der Waals surface area contributed by atoms with Gasteiger partial charge in [-0.2, -0.15) is 0 Å². The maximum absolute atomic E-state index is 12.1. The molecule has 1 amide bonds. The normalized spacial score (nSPS) is 13.5. The molecule has 0 saturated heterocycles. The average molecular weight is 443 g/mol. The number of hydrogen-bond acceptors (Lipinski definition) is 6. The summed E-state index contributed by atoms with van der Waals surface area (Å²) in [7, 11) is 0. The lowest BCUT2D eigenvalue weighted by molar-refractivity contribution is -0.124. The SMILES string of the molecule is CC(C)(C)NC(=O)COc1cccc(-c2nc(NC3=CCC(=O)C=C3)c3ccccc3n2)c1. The molecule has 2 aromatic carbocycles. The van der Waals surface area contributed by atoms with Crippen molar-refractivity contribution in [1.29, 1.82) is 0 Å². The van der Waals surface area contributed by atoms with Gasteiger partial charge in [0, 0.05) is 28.6 Å². The number of carbonyl (C=O) groups excluding carboxylic acids is 2. The molecule has 1 aliphatic rings. The molecule has 0 saturated carbocycles. The Morgan fingerprint density at radius 3 is 2.64 bits per heavy atom. The smallest absolute Gasteiger partial charge is 0.258 e. The molecule has 2 N–H and O–H groups in total. The van der Waals surface area contributed by atoms with Crippen LogP contribution in [0.1, 0.15) is 27.2 Å². The monoisotopic (exact) mass is 442 g/mol. The quantitative estimate of drug-likeness (QED) is 0.587. The number of para-hydroxylation sites is 1. The van der Waals surface area contributed by atoms with Gasteiger partial charge in [0.15, 0.2) is 18.2 Å². The van der Waals surface area contributed by atoms with Crippen molar-refractivity contribution in [2.24, 2.45) is 0 Å². The molecule has 0 unspecified atom stereocenters. The van der Waals surface area contributed by atoms with E-state index in [1.54, 1.807) is 18.2 Å². The number of amides is 1. The Hall–Kier alpha value is -4.00. The zero-order valence-corrected chi connectivity index (χ0v) is 18.9. The van der Waals surface area contributed by atoms with Crippen LogP contribution in [-0.4, -0.2) is 33.8 Å². The predicted molar refractivity (Wildman–Crippen MR) is 129 cm³/mol. The standard InChI is InChI=1S/C26H26N4O3/c1-26(2,3)30-23(32)16-33-20-8-6-7-17(15-20)24-28-22-10-5-4-9-21(22)25(29-24)27-18-11-13-19(31)14-12-18/h4-13,15H,14,16H2,1-3H3,(H,30,32)(H,27,28,29). The van der Waals surface area contributed by atoms with Crippen LogP contribution in [0.5, 0.6) is 5.75 Å². The highest BCUT2D eigenvalue weighted by molar-refractivity contribution is 5.94. The molecule has 7 nitrogen and oxygen atoms in total. The molecule has 0 aliphatic heterocycles. The summed E-state index contributed by atoms with van der Waals surface area (Å²) in [6.07, 6.45) is 5.51. The zero-order valence-electron chi connectivity index (χ0n) is 18.9. The Morgan fingerprint density at radius 1 is 1.06 bits per heavy atom. The van der Waals surface area contributed by atoms with Crippen molar-refractivity contribution < 1.29 is 14.3 Å². The lowest BCUT2D eigenvalue weighted by Crippen LogP contribution is -2.43. The topological polar surface area (TPSA) is 93.2 Å². The van der Waals surface area contributed by atoms with E-state index < -0.39 is 0 Å². The molecule has 0 radical (unpaired) electrons. The van der Waals surface area contributed by atoms with Crippen LogP contribution in [-0.2, 0) is 9.59 Å². The molecule has 0 bridgehead atoms. The maximum Gasteiger partial charge on any atom is 0.258 e. The van der Waals surface area contributed by atoms with Crippen molar-refractivity contribution in [3.8, 4) is 17.1 Å². The van der Waals surface area contributed by atoms with Gasteiger partial charge in [-0.3, -0.25) is 9.59 Å². The number of aromatic nitrogens is 2. The third kappa shape index (κ3) is 5.83. The summed E-state index contributed by atoms with van der Waals surface area (Å²) in [6, 6.07) is 15.1. The van der Waals surface area contributed by atoms with Crippen molar-refractivity contribution in [2.75, 3.05) is 11.9 Å². The third-order valence-electron chi connectivity index (χ3n) is 4.81. The molecule has 168 valence electrons. The molecule has 0 atom stereocenters. The van der Waals surface area contributed by atoms with Crippen LogP contribution in [0.15, 0.2) is 72.5 Å². The first kappa shape index (κ1) is 22.2. The highest BCUT2D eigenvalue weighted by Crippen LogP contribution is 2.28. The number of ether oxygens (including phenoxy) is 1. The fourth-order valence-electron chi connectivity index (χ4n) is 3.39. The summed E-state index contributed by atoms with van der Waals surface area (Å²) in [5.41, 5.74) is 2.05. The molecule has 3 aromatic rings. The molecule has 33 heavy (non-hydrogen) atoms. The third-order valence-corrected chi connectivity index (χ3v) is 4.81. The van der Waals surface area contributed by atoms with Gasteiger partial charge >= 0.3 is 0 Å². The second-order valence-corrected chi connectivity index (χ2v) is 8.82. The van der Waals surface area contributed by atoms with Crippen LogP contribution >= 0.6 is 0 Å². The Kier molecular flexibility index (Phi) is 6.22. The maximum atomic E-state index is 12.1. The highest BCUT2D eigenvalue weighted by atomic mass is 16.5. The second-order valence-electron chi connectivity index (χ2n) is 8.82. The van der Waals surface area contributed by atoms with E-state index in [9.17, 15) is 9.59 Å². The first-order chi connectivity index (χ1) is 15.8. The number of anilines is 1. The van der Waals surface area contributed by atoms with Crippen molar-refractivity contribution in [3.63, 3.8) is 0 Å². The van der Waals surface area contributed by atoms with E-state index in [4.69, 9.17) is 14.7 Å². The van der Waals surface area contributed by atoms with Gasteiger partial charge in [-0.05, 0) is 57.2 Å². The van der Waals surface area contributed by atoms with Gasteiger partial charge < -0.3 is 15.4 Å². The molecule has 4 rings (SSSR count). The summed E-state index contributed by atoms with van der Waals surface area (Å²) >= 11 is 0. The van der Waals surface area contributed by atoms with Crippen molar-refractivity contribution >= 4 is 28.4 Å². The molecular formula is C26H26N4O3. The van der Waals surface area contributed by atoms with Crippen LogP contribution in [0.25, 0.3) is 22.3 Å². The lowest BCUT2D eigenvalue weighted by atomic mass is 10.1. The summed E-state index contributed by atoms with van der Waals surface area (Å²) in [5, 5.41) is 7.07. The summed E-state index contributed by atoms with van der Waals surface area (Å²) in [4.78, 5) is 33.0. The van der Waals surface area contributed by atoms with Gasteiger partial charge in [-0.15, -0.1) is 0 Å². The largest absolute Gasteiger partial charge is 0.484 e. The molecule has 1 heterocycles. The molecule has 0 spiro atoms. The Bertz CT molecular complexity index is 1270. The van der Waals surface area contributed by atoms with Crippen LogP contribution in [0.2, 0.25) is 0 Å². The van der Waals surface area contributed by atoms with Gasteiger partial charge in [-0.1, -0.05) is 30.3 Å². The molecule has 7 heteroatoms. The van der Waals surface area contributed by atoms with E-state index in [1.807, 2.05) is 69.3 Å². The van der Waals surface area contributed by atoms with E-state index in [-0.39, 0.29) is 23.8 Å². The van der Waals surface area contributed by atoms with Crippen LogP contribution in [0.3, 0.4) is 0 Å².